The van der Waals surface area contributed by atoms with Crippen LogP contribution in [-0.2, 0) is 4.79 Å². The highest BCUT2D eigenvalue weighted by Crippen LogP contribution is 2.39. The number of carbonyl (C=O) groups is 1. The summed E-state index contributed by atoms with van der Waals surface area (Å²) < 4.78 is 0. The van der Waals surface area contributed by atoms with Gasteiger partial charge in [0.1, 0.15) is 6.10 Å². The molecule has 2 nitrogen and oxygen atoms in total. The van der Waals surface area contributed by atoms with Crippen LogP contribution in [0.3, 0.4) is 0 Å². The minimum Gasteiger partial charge on any atom is -0.385 e. The molecule has 3 aliphatic rings. The predicted octanol–water partition coefficient (Wildman–Crippen LogP) is 1.29. The summed E-state index contributed by atoms with van der Waals surface area (Å²) in [7, 11) is 0. The van der Waals surface area contributed by atoms with Crippen molar-refractivity contribution in [3.8, 4) is 0 Å². The first-order chi connectivity index (χ1) is 5.68. The maximum Gasteiger partial charge on any atom is 0.164 e. The lowest BCUT2D eigenvalue weighted by atomic mass is 9.80. The van der Waals surface area contributed by atoms with Gasteiger partial charge in [-0.25, -0.2) is 0 Å². The number of hydrogen-bond donors (Lipinski definition) is 1. The molecule has 0 aromatic carbocycles. The topological polar surface area (TPSA) is 37.3 Å². The molecule has 3 aliphatic carbocycles. The van der Waals surface area contributed by atoms with Crippen LogP contribution < -0.4 is 0 Å². The van der Waals surface area contributed by atoms with E-state index in [2.05, 4.69) is 6.58 Å². The molecule has 3 fully saturated rings. The van der Waals surface area contributed by atoms with Crippen LogP contribution in [0.5, 0.6) is 0 Å². The van der Waals surface area contributed by atoms with Crippen molar-refractivity contribution in [1.29, 1.82) is 0 Å². The number of aliphatic hydroxyl groups excluding tert-OH is 1. The minimum absolute atomic E-state index is 0.0520. The molecule has 0 heterocycles. The normalized spacial score (nSPS) is 41.6. The van der Waals surface area contributed by atoms with Crippen molar-refractivity contribution in [3.05, 3.63) is 12.2 Å². The third kappa shape index (κ3) is 1.11. The minimum atomic E-state index is -0.707. The summed E-state index contributed by atoms with van der Waals surface area (Å²) in [6.07, 6.45) is 2.74. The molecule has 66 valence electrons. The van der Waals surface area contributed by atoms with E-state index in [9.17, 15) is 9.90 Å². The fourth-order valence-corrected chi connectivity index (χ4v) is 2.38. The molecule has 2 heteroatoms. The quantitative estimate of drug-likeness (QED) is 0.551. The van der Waals surface area contributed by atoms with Gasteiger partial charge in [0.05, 0.1) is 0 Å². The summed E-state index contributed by atoms with van der Waals surface area (Å²) in [4.78, 5) is 11.5. The highest BCUT2D eigenvalue weighted by Gasteiger charge is 2.37. The fraction of sp³-hybridized carbons (Fsp3) is 0.700. The zero-order valence-corrected chi connectivity index (χ0v) is 7.12. The monoisotopic (exact) mass is 166 g/mol. The number of hydrogen-bond acceptors (Lipinski definition) is 2. The fourth-order valence-electron chi connectivity index (χ4n) is 2.38. The Balaban J connectivity index is 2.27. The van der Waals surface area contributed by atoms with E-state index in [1.165, 1.54) is 5.57 Å². The first-order valence-electron chi connectivity index (χ1n) is 4.58. The smallest absolute Gasteiger partial charge is 0.164 e. The van der Waals surface area contributed by atoms with Gasteiger partial charge in [-0.1, -0.05) is 12.2 Å². The standard InChI is InChI=1S/C10H14O2/c1-6-4-8-3-2-7(6)5-9(11)10(8)12/h7-9,11H,1-5H2/t7-,8-,9?/m0/s1. The second kappa shape index (κ2) is 2.70. The number of Topliss-reactive ketones (excluding diaryl/α,β-unsaturated/α-hetero) is 1. The van der Waals surface area contributed by atoms with Gasteiger partial charge in [-0.15, -0.1) is 0 Å². The van der Waals surface area contributed by atoms with E-state index in [1.54, 1.807) is 0 Å². The van der Waals surface area contributed by atoms with Crippen LogP contribution in [0.1, 0.15) is 25.7 Å². The maximum absolute atomic E-state index is 11.5. The Bertz CT molecular complexity index is 232. The Morgan fingerprint density at radius 2 is 2.00 bits per heavy atom. The molecule has 12 heavy (non-hydrogen) atoms. The van der Waals surface area contributed by atoms with Crippen LogP contribution in [0.15, 0.2) is 12.2 Å². The molecule has 0 spiro atoms. The van der Waals surface area contributed by atoms with Crippen molar-refractivity contribution >= 4 is 5.78 Å². The molecule has 2 bridgehead atoms. The van der Waals surface area contributed by atoms with Crippen LogP contribution >= 0.6 is 0 Å². The molecular formula is C10H14O2. The van der Waals surface area contributed by atoms with E-state index in [-0.39, 0.29) is 11.7 Å². The third-order valence-electron chi connectivity index (χ3n) is 3.19. The summed E-state index contributed by atoms with van der Waals surface area (Å²) in [5.74, 6) is 0.532. The highest BCUT2D eigenvalue weighted by atomic mass is 16.3. The summed E-state index contributed by atoms with van der Waals surface area (Å²) in [6, 6.07) is 0. The van der Waals surface area contributed by atoms with Crippen molar-refractivity contribution in [2.75, 3.05) is 0 Å². The van der Waals surface area contributed by atoms with Crippen LogP contribution in [0.4, 0.5) is 0 Å². The van der Waals surface area contributed by atoms with Gasteiger partial charge in [-0.05, 0) is 31.6 Å². The maximum atomic E-state index is 11.5. The molecule has 1 N–H and O–H groups in total. The lowest BCUT2D eigenvalue weighted by Gasteiger charge is -2.24. The van der Waals surface area contributed by atoms with E-state index in [1.807, 2.05) is 0 Å². The summed E-state index contributed by atoms with van der Waals surface area (Å²) in [5.41, 5.74) is 1.18. The highest BCUT2D eigenvalue weighted by molar-refractivity contribution is 5.86. The molecule has 0 radical (unpaired) electrons. The number of allylic oxidation sites excluding steroid dienone is 1. The zero-order valence-electron chi connectivity index (χ0n) is 7.12. The van der Waals surface area contributed by atoms with E-state index < -0.39 is 6.10 Å². The van der Waals surface area contributed by atoms with E-state index in [4.69, 9.17) is 0 Å². The van der Waals surface area contributed by atoms with E-state index >= 15 is 0 Å². The summed E-state index contributed by atoms with van der Waals surface area (Å²) in [5, 5.41) is 9.47. The first kappa shape index (κ1) is 7.99. The van der Waals surface area contributed by atoms with Crippen LogP contribution in [0.25, 0.3) is 0 Å². The molecule has 0 aliphatic heterocycles. The van der Waals surface area contributed by atoms with Gasteiger partial charge in [0, 0.05) is 5.92 Å². The van der Waals surface area contributed by atoms with Gasteiger partial charge in [0.25, 0.3) is 0 Å². The molecule has 1 unspecified atom stereocenters. The molecule has 3 rings (SSSR count). The zero-order chi connectivity index (χ0) is 8.72. The molecule has 0 amide bonds. The second-order valence-corrected chi connectivity index (χ2v) is 3.99. The molecule has 0 aromatic heterocycles. The van der Waals surface area contributed by atoms with Gasteiger partial charge >= 0.3 is 0 Å². The van der Waals surface area contributed by atoms with E-state index in [0.717, 1.165) is 19.3 Å². The molecule has 3 atom stereocenters. The average molecular weight is 166 g/mol. The van der Waals surface area contributed by atoms with Gasteiger partial charge in [0.2, 0.25) is 0 Å². The Hall–Kier alpha value is -0.630. The van der Waals surface area contributed by atoms with Crippen LogP contribution in [-0.4, -0.2) is 17.0 Å². The van der Waals surface area contributed by atoms with Crippen molar-refractivity contribution in [2.45, 2.75) is 31.8 Å². The summed E-state index contributed by atoms with van der Waals surface area (Å²) >= 11 is 0. The Morgan fingerprint density at radius 3 is 2.67 bits per heavy atom. The van der Waals surface area contributed by atoms with E-state index in [0.29, 0.717) is 12.3 Å². The lowest BCUT2D eigenvalue weighted by molar-refractivity contribution is -0.130. The van der Waals surface area contributed by atoms with Gasteiger partial charge in [-0.2, -0.15) is 0 Å². The SMILES string of the molecule is C=C1C[C@@H]2CC[C@H]1CC(O)C2=O. The number of rotatable bonds is 0. The number of aliphatic hydroxyl groups is 1. The van der Waals surface area contributed by atoms with Crippen molar-refractivity contribution in [3.63, 3.8) is 0 Å². The van der Waals surface area contributed by atoms with Crippen LogP contribution in [0, 0.1) is 11.8 Å². The Morgan fingerprint density at radius 1 is 1.33 bits per heavy atom. The van der Waals surface area contributed by atoms with Gasteiger partial charge in [0.15, 0.2) is 5.78 Å². The van der Waals surface area contributed by atoms with Gasteiger partial charge in [-0.3, -0.25) is 4.79 Å². The molecule has 0 saturated heterocycles. The predicted molar refractivity (Wildman–Crippen MR) is 45.6 cm³/mol. The molecule has 3 saturated carbocycles. The number of carbonyl (C=O) groups excluding carboxylic acids is 1. The average Bonchev–Trinajstić information content (AvgIpc) is 2.22. The molecular weight excluding hydrogens is 152 g/mol. The first-order valence-corrected chi connectivity index (χ1v) is 4.58. The lowest BCUT2D eigenvalue weighted by Crippen LogP contribution is -2.24. The van der Waals surface area contributed by atoms with Crippen molar-refractivity contribution < 1.29 is 9.90 Å². The Labute approximate surface area is 72.3 Å². The third-order valence-corrected chi connectivity index (χ3v) is 3.19. The Kier molecular flexibility index (Phi) is 1.80. The number of fused-ring (bicyclic) bond motifs is 4. The number of ketones is 1. The molecule has 0 aromatic rings. The van der Waals surface area contributed by atoms with Crippen LogP contribution in [0.2, 0.25) is 0 Å². The van der Waals surface area contributed by atoms with Crippen molar-refractivity contribution in [2.24, 2.45) is 11.8 Å². The summed E-state index contributed by atoms with van der Waals surface area (Å²) in [6.45, 7) is 3.96. The van der Waals surface area contributed by atoms with Gasteiger partial charge < -0.3 is 5.11 Å². The largest absolute Gasteiger partial charge is 0.385 e. The second-order valence-electron chi connectivity index (χ2n) is 3.99. The van der Waals surface area contributed by atoms with Crippen molar-refractivity contribution in [1.82, 2.24) is 0 Å².